The number of hydrogen-bond acceptors (Lipinski definition) is 6. The third-order valence-corrected chi connectivity index (χ3v) is 4.15. The maximum Gasteiger partial charge on any atom is 0.241 e. The van der Waals surface area contributed by atoms with Crippen molar-refractivity contribution in [2.75, 3.05) is 39.8 Å². The molecule has 0 unspecified atom stereocenters. The van der Waals surface area contributed by atoms with Gasteiger partial charge in [0.15, 0.2) is 0 Å². The molecule has 0 saturated carbocycles. The van der Waals surface area contributed by atoms with Crippen LogP contribution in [-0.4, -0.2) is 59.8 Å². The molecule has 1 aromatic heterocycles. The van der Waals surface area contributed by atoms with Gasteiger partial charge in [-0.1, -0.05) is 23.3 Å². The van der Waals surface area contributed by atoms with Gasteiger partial charge in [0.2, 0.25) is 11.7 Å². The Kier molecular flexibility index (Phi) is 5.50. The van der Waals surface area contributed by atoms with Crippen molar-refractivity contribution in [2.24, 2.45) is 0 Å². The van der Waals surface area contributed by atoms with Gasteiger partial charge in [-0.25, -0.2) is 0 Å². The van der Waals surface area contributed by atoms with E-state index in [1.165, 1.54) is 0 Å². The molecule has 3 rings (SSSR count). The number of ether oxygens (including phenoxy) is 1. The minimum absolute atomic E-state index is 0.602. The Morgan fingerprint density at radius 3 is 2.50 bits per heavy atom. The average Bonchev–Trinajstić information content (AvgIpc) is 3.05. The summed E-state index contributed by atoms with van der Waals surface area (Å²) in [5.41, 5.74) is 0.913. The maximum atomic E-state index is 5.87. The molecule has 0 spiro atoms. The van der Waals surface area contributed by atoms with Crippen molar-refractivity contribution in [3.8, 4) is 17.1 Å². The molecule has 0 bridgehead atoms. The first-order chi connectivity index (χ1) is 11.6. The second-order valence-electron chi connectivity index (χ2n) is 5.81. The second-order valence-corrected chi connectivity index (χ2v) is 6.34. The normalized spacial score (nSPS) is 16.2. The molecule has 1 saturated heterocycles. The molecule has 0 amide bonds. The summed E-state index contributed by atoms with van der Waals surface area (Å²) in [6.07, 6.45) is 0. The third kappa shape index (κ3) is 4.35. The van der Waals surface area contributed by atoms with Crippen molar-refractivity contribution in [1.82, 2.24) is 19.9 Å². The first-order valence-electron chi connectivity index (χ1n) is 7.89. The molecule has 0 N–H and O–H groups in total. The van der Waals surface area contributed by atoms with Crippen LogP contribution in [0.2, 0.25) is 0 Å². The van der Waals surface area contributed by atoms with Gasteiger partial charge in [-0.2, -0.15) is 4.98 Å². The van der Waals surface area contributed by atoms with Crippen molar-refractivity contribution in [3.63, 3.8) is 0 Å². The summed E-state index contributed by atoms with van der Waals surface area (Å²) in [5.74, 6) is 2.04. The largest absolute Gasteiger partial charge is 0.497 e. The molecule has 2 heterocycles. The molecule has 0 aliphatic carbocycles. The fourth-order valence-electron chi connectivity index (χ4n) is 2.72. The molecule has 24 heavy (non-hydrogen) atoms. The SMILES string of the molecule is C=C(Cl)CN1CCN(Cc2nc(-c3ccc(OC)cc3)no2)CC1. The van der Waals surface area contributed by atoms with E-state index in [0.29, 0.717) is 23.3 Å². The Morgan fingerprint density at radius 2 is 1.88 bits per heavy atom. The van der Waals surface area contributed by atoms with Crippen LogP contribution in [0.3, 0.4) is 0 Å². The van der Waals surface area contributed by atoms with Gasteiger partial charge >= 0.3 is 0 Å². The van der Waals surface area contributed by atoms with E-state index in [4.69, 9.17) is 20.9 Å². The summed E-state index contributed by atoms with van der Waals surface area (Å²) in [6, 6.07) is 7.61. The second kappa shape index (κ2) is 7.79. The van der Waals surface area contributed by atoms with Crippen molar-refractivity contribution in [1.29, 1.82) is 0 Å². The molecule has 1 aliphatic rings. The Morgan fingerprint density at radius 1 is 1.21 bits per heavy atom. The molecular weight excluding hydrogens is 328 g/mol. The Balaban J connectivity index is 1.55. The van der Waals surface area contributed by atoms with Crippen LogP contribution in [0, 0.1) is 0 Å². The highest BCUT2D eigenvalue weighted by Crippen LogP contribution is 2.20. The molecule has 0 atom stereocenters. The maximum absolute atomic E-state index is 5.87. The zero-order valence-corrected chi connectivity index (χ0v) is 14.5. The first-order valence-corrected chi connectivity index (χ1v) is 8.27. The van der Waals surface area contributed by atoms with E-state index in [-0.39, 0.29) is 0 Å². The van der Waals surface area contributed by atoms with Gasteiger partial charge in [0.1, 0.15) is 5.75 Å². The lowest BCUT2D eigenvalue weighted by molar-refractivity contribution is 0.124. The van der Waals surface area contributed by atoms with Gasteiger partial charge in [-0.05, 0) is 24.3 Å². The highest BCUT2D eigenvalue weighted by molar-refractivity contribution is 6.29. The summed E-state index contributed by atoms with van der Waals surface area (Å²) in [6.45, 7) is 8.99. The lowest BCUT2D eigenvalue weighted by atomic mass is 10.2. The molecule has 1 aromatic carbocycles. The molecule has 128 valence electrons. The number of methoxy groups -OCH3 is 1. The number of nitrogens with zero attached hydrogens (tertiary/aromatic N) is 4. The van der Waals surface area contributed by atoms with E-state index < -0.39 is 0 Å². The summed E-state index contributed by atoms with van der Waals surface area (Å²) in [5, 5.41) is 4.75. The highest BCUT2D eigenvalue weighted by atomic mass is 35.5. The number of aromatic nitrogens is 2. The van der Waals surface area contributed by atoms with E-state index in [9.17, 15) is 0 Å². The number of hydrogen-bond donors (Lipinski definition) is 0. The van der Waals surface area contributed by atoms with E-state index in [1.807, 2.05) is 24.3 Å². The molecule has 6 nitrogen and oxygen atoms in total. The standard InChI is InChI=1S/C17H21ClN4O2/c1-13(18)11-21-7-9-22(10-8-21)12-16-19-17(20-24-16)14-3-5-15(23-2)6-4-14/h3-6H,1,7-12H2,2H3. The third-order valence-electron chi connectivity index (χ3n) is 4.04. The van der Waals surface area contributed by atoms with Crippen molar-refractivity contribution in [2.45, 2.75) is 6.54 Å². The van der Waals surface area contributed by atoms with Gasteiger partial charge in [-0.3, -0.25) is 9.80 Å². The Labute approximate surface area is 146 Å². The van der Waals surface area contributed by atoms with Crippen LogP contribution < -0.4 is 4.74 Å². The molecule has 1 aliphatic heterocycles. The minimum Gasteiger partial charge on any atom is -0.497 e. The molecule has 2 aromatic rings. The lowest BCUT2D eigenvalue weighted by Crippen LogP contribution is -2.46. The fourth-order valence-corrected chi connectivity index (χ4v) is 2.88. The number of piperazine rings is 1. The van der Waals surface area contributed by atoms with E-state index in [2.05, 4.69) is 26.5 Å². The van der Waals surface area contributed by atoms with Crippen LogP contribution in [0.4, 0.5) is 0 Å². The highest BCUT2D eigenvalue weighted by Gasteiger charge is 2.19. The number of benzene rings is 1. The zero-order valence-electron chi connectivity index (χ0n) is 13.7. The van der Waals surface area contributed by atoms with Gasteiger partial charge < -0.3 is 9.26 Å². The topological polar surface area (TPSA) is 54.6 Å². The van der Waals surface area contributed by atoms with Gasteiger partial charge in [-0.15, -0.1) is 0 Å². The summed E-state index contributed by atoms with van der Waals surface area (Å²) >= 11 is 5.87. The molecule has 7 heteroatoms. The van der Waals surface area contributed by atoms with Crippen LogP contribution in [0.5, 0.6) is 5.75 Å². The lowest BCUT2D eigenvalue weighted by Gasteiger charge is -2.33. The quantitative estimate of drug-likeness (QED) is 0.800. The van der Waals surface area contributed by atoms with Gasteiger partial charge in [0.05, 0.1) is 13.7 Å². The average molecular weight is 349 g/mol. The predicted molar refractivity (Wildman–Crippen MR) is 93.0 cm³/mol. The van der Waals surface area contributed by atoms with Gasteiger partial charge in [0.25, 0.3) is 0 Å². The Hall–Kier alpha value is -1.89. The van der Waals surface area contributed by atoms with Crippen molar-refractivity contribution < 1.29 is 9.26 Å². The van der Waals surface area contributed by atoms with Gasteiger partial charge in [0, 0.05) is 43.3 Å². The van der Waals surface area contributed by atoms with E-state index in [0.717, 1.165) is 44.0 Å². The van der Waals surface area contributed by atoms with Crippen molar-refractivity contribution in [3.05, 3.63) is 41.8 Å². The Bertz CT molecular complexity index is 678. The monoisotopic (exact) mass is 348 g/mol. The van der Waals surface area contributed by atoms with Crippen LogP contribution in [0.25, 0.3) is 11.4 Å². The predicted octanol–water partition coefficient (Wildman–Crippen LogP) is 2.62. The van der Waals surface area contributed by atoms with E-state index >= 15 is 0 Å². The first kappa shape index (κ1) is 17.0. The number of halogens is 1. The zero-order chi connectivity index (χ0) is 16.9. The van der Waals surface area contributed by atoms with E-state index in [1.54, 1.807) is 7.11 Å². The molecular formula is C17H21ClN4O2. The minimum atomic E-state index is 0.602. The van der Waals surface area contributed by atoms with Crippen molar-refractivity contribution >= 4 is 11.6 Å². The van der Waals surface area contributed by atoms with Crippen LogP contribution in [0.15, 0.2) is 40.4 Å². The molecule has 0 radical (unpaired) electrons. The van der Waals surface area contributed by atoms with Crippen LogP contribution in [0.1, 0.15) is 5.89 Å². The number of rotatable bonds is 6. The summed E-state index contributed by atoms with van der Waals surface area (Å²) < 4.78 is 10.5. The molecule has 1 fully saturated rings. The fraction of sp³-hybridized carbons (Fsp3) is 0.412. The summed E-state index contributed by atoms with van der Waals surface area (Å²) in [4.78, 5) is 9.09. The summed E-state index contributed by atoms with van der Waals surface area (Å²) in [7, 11) is 1.64. The smallest absolute Gasteiger partial charge is 0.241 e. The van der Waals surface area contributed by atoms with Crippen LogP contribution >= 0.6 is 11.6 Å². The van der Waals surface area contributed by atoms with Crippen LogP contribution in [-0.2, 0) is 6.54 Å².